The molecule has 132 valence electrons. The number of Topliss-reactive ketones (excluding diaryl/α,β-unsaturated/α-hetero) is 1. The van der Waals surface area contributed by atoms with Crippen molar-refractivity contribution in [3.63, 3.8) is 0 Å². The van der Waals surface area contributed by atoms with Crippen molar-refractivity contribution in [3.05, 3.63) is 23.2 Å². The number of hydrogen-bond acceptors (Lipinski definition) is 4. The van der Waals surface area contributed by atoms with Gasteiger partial charge in [-0.2, -0.15) is 0 Å². The van der Waals surface area contributed by atoms with E-state index in [-0.39, 0.29) is 29.0 Å². The average molecular weight is 332 g/mol. The Balaban J connectivity index is 2.08. The number of carbonyl (C=O) groups is 2. The van der Waals surface area contributed by atoms with Gasteiger partial charge in [0.25, 0.3) is 0 Å². The molecule has 0 saturated heterocycles. The van der Waals surface area contributed by atoms with Crippen LogP contribution in [-0.2, 0) is 20.7 Å². The van der Waals surface area contributed by atoms with Gasteiger partial charge in [0, 0.05) is 29.7 Å². The zero-order chi connectivity index (χ0) is 17.6. The van der Waals surface area contributed by atoms with Crippen LogP contribution in [0, 0.1) is 30.1 Å². The summed E-state index contributed by atoms with van der Waals surface area (Å²) in [6, 6.07) is 0. The van der Waals surface area contributed by atoms with E-state index in [9.17, 15) is 9.59 Å². The zero-order valence-corrected chi connectivity index (χ0v) is 15.3. The number of aryl methyl sites for hydroxylation is 1. The van der Waals surface area contributed by atoms with Gasteiger partial charge in [0.1, 0.15) is 17.6 Å². The van der Waals surface area contributed by atoms with Gasteiger partial charge in [0.15, 0.2) is 0 Å². The third kappa shape index (κ3) is 2.42. The Bertz CT molecular complexity index is 659. The molecule has 1 heterocycles. The highest BCUT2D eigenvalue weighted by Crippen LogP contribution is 2.58. The number of furan rings is 1. The van der Waals surface area contributed by atoms with E-state index < -0.39 is 6.10 Å². The second kappa shape index (κ2) is 6.05. The monoisotopic (exact) mass is 332 g/mol. The van der Waals surface area contributed by atoms with Gasteiger partial charge in [-0.05, 0) is 31.2 Å². The van der Waals surface area contributed by atoms with Crippen LogP contribution in [0.5, 0.6) is 0 Å². The molecule has 0 unspecified atom stereocenters. The average Bonchev–Trinajstić information content (AvgIpc) is 2.93. The molecule has 1 aromatic heterocycles. The summed E-state index contributed by atoms with van der Waals surface area (Å²) in [4.78, 5) is 25.2. The first kappa shape index (κ1) is 17.2. The van der Waals surface area contributed by atoms with Gasteiger partial charge in [-0.1, -0.05) is 27.7 Å². The van der Waals surface area contributed by atoms with Gasteiger partial charge < -0.3 is 9.15 Å². The van der Waals surface area contributed by atoms with Gasteiger partial charge in [0.05, 0.1) is 12.2 Å². The first-order valence-electron chi connectivity index (χ1n) is 9.10. The van der Waals surface area contributed by atoms with E-state index in [0.29, 0.717) is 18.8 Å². The number of ether oxygens (including phenoxy) is 1. The minimum Gasteiger partial charge on any atom is -0.469 e. The number of fused-ring (bicyclic) bond motifs is 2. The molecule has 24 heavy (non-hydrogen) atoms. The van der Waals surface area contributed by atoms with E-state index in [1.807, 2.05) is 20.8 Å². The molecule has 0 spiro atoms. The molecule has 2 aliphatic rings. The first-order chi connectivity index (χ1) is 11.3. The molecule has 3 rings (SSSR count). The van der Waals surface area contributed by atoms with Crippen LogP contribution in [0.3, 0.4) is 0 Å². The lowest BCUT2D eigenvalue weighted by Gasteiger charge is -2.51. The molecular formula is C20H28O4. The van der Waals surface area contributed by atoms with Crippen molar-refractivity contribution < 1.29 is 18.7 Å². The Morgan fingerprint density at radius 3 is 2.88 bits per heavy atom. The summed E-state index contributed by atoms with van der Waals surface area (Å²) in [5.74, 6) is 0.964. The Kier molecular flexibility index (Phi) is 4.35. The molecule has 4 heteroatoms. The Hall–Kier alpha value is -1.58. The van der Waals surface area contributed by atoms with Crippen molar-refractivity contribution in [3.8, 4) is 0 Å². The fourth-order valence-corrected chi connectivity index (χ4v) is 4.41. The quantitative estimate of drug-likeness (QED) is 0.770. The van der Waals surface area contributed by atoms with Crippen LogP contribution in [0.15, 0.2) is 10.7 Å². The molecule has 1 aromatic rings. The van der Waals surface area contributed by atoms with Crippen molar-refractivity contribution in [1.29, 1.82) is 0 Å². The largest absolute Gasteiger partial charge is 0.469 e. The number of rotatable bonds is 3. The van der Waals surface area contributed by atoms with Crippen molar-refractivity contribution in [2.45, 2.75) is 66.4 Å². The maximum absolute atomic E-state index is 12.6. The number of ketones is 1. The van der Waals surface area contributed by atoms with Crippen molar-refractivity contribution >= 4 is 11.8 Å². The number of carbonyl (C=O) groups excluding carboxylic acids is 2. The van der Waals surface area contributed by atoms with E-state index in [1.165, 1.54) is 0 Å². The highest BCUT2D eigenvalue weighted by atomic mass is 16.5. The van der Waals surface area contributed by atoms with Crippen LogP contribution in [0.4, 0.5) is 0 Å². The van der Waals surface area contributed by atoms with Crippen LogP contribution < -0.4 is 0 Å². The molecule has 0 N–H and O–H groups in total. The summed E-state index contributed by atoms with van der Waals surface area (Å²) in [6.45, 7) is 10.2. The van der Waals surface area contributed by atoms with Gasteiger partial charge in [-0.25, -0.2) is 0 Å². The summed E-state index contributed by atoms with van der Waals surface area (Å²) >= 11 is 0. The fraction of sp³-hybridized carbons (Fsp3) is 0.700. The van der Waals surface area contributed by atoms with Gasteiger partial charge >= 0.3 is 5.97 Å². The standard InChI is InChI=1S/C20H28O4/c1-6-11(2)19(22)24-18-17-12(3)10-23-16(17)9-14-15(21)8-7-13(4)20(14,18)5/h10-11,13-14,18H,6-9H2,1-5H3/t11-,13+,14+,18-,20-/m1/s1. The maximum Gasteiger partial charge on any atom is 0.309 e. The van der Waals surface area contributed by atoms with Crippen molar-refractivity contribution in [1.82, 2.24) is 0 Å². The van der Waals surface area contributed by atoms with Crippen LogP contribution in [0.2, 0.25) is 0 Å². The summed E-state index contributed by atoms with van der Waals surface area (Å²) < 4.78 is 11.8. The van der Waals surface area contributed by atoms with E-state index in [4.69, 9.17) is 9.15 Å². The molecule has 0 aliphatic heterocycles. The normalized spacial score (nSPS) is 33.5. The third-order valence-electron chi connectivity index (χ3n) is 6.59. The lowest BCUT2D eigenvalue weighted by atomic mass is 9.53. The predicted octanol–water partition coefficient (Wildman–Crippen LogP) is 4.40. The second-order valence-electron chi connectivity index (χ2n) is 7.91. The lowest BCUT2D eigenvalue weighted by molar-refractivity contribution is -0.176. The molecule has 1 fully saturated rings. The van der Waals surface area contributed by atoms with Crippen LogP contribution in [0.25, 0.3) is 0 Å². The van der Waals surface area contributed by atoms with E-state index in [2.05, 4.69) is 13.8 Å². The Morgan fingerprint density at radius 1 is 1.50 bits per heavy atom. The van der Waals surface area contributed by atoms with Crippen LogP contribution in [0.1, 0.15) is 69.9 Å². The third-order valence-corrected chi connectivity index (χ3v) is 6.59. The number of esters is 1. The summed E-state index contributed by atoms with van der Waals surface area (Å²) in [7, 11) is 0. The van der Waals surface area contributed by atoms with Gasteiger partial charge in [-0.3, -0.25) is 9.59 Å². The molecule has 0 radical (unpaired) electrons. The van der Waals surface area contributed by atoms with Crippen molar-refractivity contribution in [2.75, 3.05) is 0 Å². The smallest absolute Gasteiger partial charge is 0.309 e. The second-order valence-corrected chi connectivity index (χ2v) is 7.91. The predicted molar refractivity (Wildman–Crippen MR) is 90.4 cm³/mol. The Labute approximate surface area is 143 Å². The maximum atomic E-state index is 12.6. The van der Waals surface area contributed by atoms with E-state index in [1.54, 1.807) is 6.26 Å². The van der Waals surface area contributed by atoms with E-state index in [0.717, 1.165) is 29.7 Å². The number of hydrogen-bond donors (Lipinski definition) is 0. The molecule has 4 nitrogen and oxygen atoms in total. The molecule has 2 aliphatic carbocycles. The first-order valence-corrected chi connectivity index (χ1v) is 9.10. The van der Waals surface area contributed by atoms with Crippen molar-refractivity contribution in [2.24, 2.45) is 23.2 Å². The van der Waals surface area contributed by atoms with Crippen LogP contribution in [-0.4, -0.2) is 11.8 Å². The minimum atomic E-state index is -0.397. The molecule has 5 atom stereocenters. The summed E-state index contributed by atoms with van der Waals surface area (Å²) in [5.41, 5.74) is 1.64. The molecule has 0 amide bonds. The van der Waals surface area contributed by atoms with Gasteiger partial charge in [0.2, 0.25) is 0 Å². The molecule has 0 bridgehead atoms. The highest BCUT2D eigenvalue weighted by molar-refractivity contribution is 5.84. The van der Waals surface area contributed by atoms with Gasteiger partial charge in [-0.15, -0.1) is 0 Å². The Morgan fingerprint density at radius 2 is 2.21 bits per heavy atom. The lowest BCUT2D eigenvalue weighted by Crippen LogP contribution is -2.51. The minimum absolute atomic E-state index is 0.131. The van der Waals surface area contributed by atoms with Crippen LogP contribution >= 0.6 is 0 Å². The summed E-state index contributed by atoms with van der Waals surface area (Å²) in [6.07, 6.45) is 4.17. The molecular weight excluding hydrogens is 304 g/mol. The SMILES string of the molecule is CC[C@@H](C)C(=O)O[C@@H]1c2c(C)coc2C[C@H]2C(=O)CC[C@H](C)[C@@]12C. The zero-order valence-electron chi connectivity index (χ0n) is 15.3. The topological polar surface area (TPSA) is 56.5 Å². The summed E-state index contributed by atoms with van der Waals surface area (Å²) in [5, 5.41) is 0. The molecule has 1 saturated carbocycles. The fourth-order valence-electron chi connectivity index (χ4n) is 4.41. The van der Waals surface area contributed by atoms with E-state index >= 15 is 0 Å². The molecule has 0 aromatic carbocycles. The highest BCUT2D eigenvalue weighted by Gasteiger charge is 2.57.